The number of nitrogens with one attached hydrogen (secondary N) is 1. The first-order chi connectivity index (χ1) is 12.2. The highest BCUT2D eigenvalue weighted by molar-refractivity contribution is 5.79. The van der Waals surface area contributed by atoms with Gasteiger partial charge < -0.3 is 14.6 Å². The second kappa shape index (κ2) is 6.55. The van der Waals surface area contributed by atoms with Crippen LogP contribution in [0.4, 0.5) is 4.39 Å². The number of imidazole rings is 1. The maximum Gasteiger partial charge on any atom is 0.261 e. The molecule has 128 valence electrons. The zero-order valence-corrected chi connectivity index (χ0v) is 13.6. The van der Waals surface area contributed by atoms with Gasteiger partial charge in [0.25, 0.3) is 5.91 Å². The second-order valence-electron chi connectivity index (χ2n) is 6.10. The summed E-state index contributed by atoms with van der Waals surface area (Å²) < 4.78 is 19.0. The van der Waals surface area contributed by atoms with E-state index in [2.05, 4.69) is 9.97 Å². The van der Waals surface area contributed by atoms with E-state index < -0.39 is 5.82 Å². The minimum absolute atomic E-state index is 0.0929. The molecule has 1 unspecified atom stereocenters. The van der Waals surface area contributed by atoms with Crippen LogP contribution in [-0.2, 0) is 4.79 Å². The van der Waals surface area contributed by atoms with Crippen molar-refractivity contribution in [3.63, 3.8) is 0 Å². The van der Waals surface area contributed by atoms with Crippen LogP contribution in [-0.4, -0.2) is 33.9 Å². The number of hydrogen-bond acceptors (Lipinski definition) is 3. The summed E-state index contributed by atoms with van der Waals surface area (Å²) in [5, 5.41) is 0. The highest BCUT2D eigenvalue weighted by atomic mass is 19.1. The third-order valence-electron chi connectivity index (χ3n) is 4.48. The third-order valence-corrected chi connectivity index (χ3v) is 4.48. The Morgan fingerprint density at radius 3 is 2.88 bits per heavy atom. The molecular weight excluding hydrogens is 321 g/mol. The van der Waals surface area contributed by atoms with Crippen LogP contribution in [0.2, 0.25) is 0 Å². The van der Waals surface area contributed by atoms with Crippen molar-refractivity contribution in [3.8, 4) is 5.75 Å². The monoisotopic (exact) mass is 339 g/mol. The van der Waals surface area contributed by atoms with Crippen molar-refractivity contribution in [3.05, 3.63) is 60.2 Å². The fourth-order valence-corrected chi connectivity index (χ4v) is 3.26. The Balaban J connectivity index is 1.49. The minimum atomic E-state index is -0.467. The number of fused-ring (bicyclic) bond motifs is 1. The molecule has 1 fully saturated rings. The fourth-order valence-electron chi connectivity index (χ4n) is 3.26. The molecule has 1 aromatic heterocycles. The Kier molecular flexibility index (Phi) is 4.09. The Morgan fingerprint density at radius 1 is 1.24 bits per heavy atom. The number of para-hydroxylation sites is 3. The Morgan fingerprint density at radius 2 is 2.04 bits per heavy atom. The summed E-state index contributed by atoms with van der Waals surface area (Å²) in [5.74, 6) is 0.255. The van der Waals surface area contributed by atoms with Gasteiger partial charge in [-0.15, -0.1) is 0 Å². The standard InChI is InChI=1S/C19H18FN3O2/c20-13-6-1-4-10-17(13)25-12-18(24)23-11-5-9-16(23)19-21-14-7-2-3-8-15(14)22-19/h1-4,6-8,10,16H,5,9,11-12H2,(H,21,22). The molecule has 25 heavy (non-hydrogen) atoms. The number of carbonyl (C=O) groups is 1. The smallest absolute Gasteiger partial charge is 0.261 e. The van der Waals surface area contributed by atoms with E-state index in [-0.39, 0.29) is 24.3 Å². The lowest BCUT2D eigenvalue weighted by Crippen LogP contribution is -2.35. The molecule has 1 N–H and O–H groups in total. The van der Waals surface area contributed by atoms with Crippen molar-refractivity contribution >= 4 is 16.9 Å². The van der Waals surface area contributed by atoms with Gasteiger partial charge in [-0.3, -0.25) is 4.79 Å². The number of carbonyl (C=O) groups excluding carboxylic acids is 1. The van der Waals surface area contributed by atoms with Crippen molar-refractivity contribution in [2.75, 3.05) is 13.2 Å². The van der Waals surface area contributed by atoms with Crippen molar-refractivity contribution in [1.29, 1.82) is 0 Å². The molecule has 5 nitrogen and oxygen atoms in total. The maximum atomic E-state index is 13.6. The van der Waals surface area contributed by atoms with Crippen molar-refractivity contribution < 1.29 is 13.9 Å². The van der Waals surface area contributed by atoms with Crippen molar-refractivity contribution in [2.45, 2.75) is 18.9 Å². The van der Waals surface area contributed by atoms with Gasteiger partial charge in [0.1, 0.15) is 5.82 Å². The highest BCUT2D eigenvalue weighted by Crippen LogP contribution is 2.31. The molecule has 0 aliphatic carbocycles. The van der Waals surface area contributed by atoms with Gasteiger partial charge >= 0.3 is 0 Å². The van der Waals surface area contributed by atoms with Crippen LogP contribution in [0.25, 0.3) is 11.0 Å². The number of nitrogens with zero attached hydrogens (tertiary/aromatic N) is 2. The molecule has 1 amide bonds. The van der Waals surface area contributed by atoms with E-state index in [0.717, 1.165) is 29.7 Å². The average Bonchev–Trinajstić information content (AvgIpc) is 3.27. The second-order valence-corrected chi connectivity index (χ2v) is 6.10. The third kappa shape index (κ3) is 3.07. The summed E-state index contributed by atoms with van der Waals surface area (Å²) in [5.41, 5.74) is 1.85. The molecule has 4 rings (SSSR count). The Bertz CT molecular complexity index is 875. The molecule has 0 radical (unpaired) electrons. The van der Waals surface area contributed by atoms with Gasteiger partial charge in [0.2, 0.25) is 0 Å². The van der Waals surface area contributed by atoms with E-state index >= 15 is 0 Å². The number of likely N-dealkylation sites (tertiary alicyclic amines) is 1. The first-order valence-corrected chi connectivity index (χ1v) is 8.34. The van der Waals surface area contributed by atoms with Gasteiger partial charge in [-0.2, -0.15) is 0 Å². The minimum Gasteiger partial charge on any atom is -0.481 e. The van der Waals surface area contributed by atoms with Crippen LogP contribution >= 0.6 is 0 Å². The number of amides is 1. The lowest BCUT2D eigenvalue weighted by molar-refractivity contribution is -0.134. The van der Waals surface area contributed by atoms with E-state index in [1.807, 2.05) is 24.3 Å². The van der Waals surface area contributed by atoms with Gasteiger partial charge in [0.15, 0.2) is 18.2 Å². The van der Waals surface area contributed by atoms with Gasteiger partial charge in [-0.25, -0.2) is 9.37 Å². The van der Waals surface area contributed by atoms with E-state index in [1.54, 1.807) is 17.0 Å². The van der Waals surface area contributed by atoms with Crippen LogP contribution in [0.3, 0.4) is 0 Å². The molecule has 6 heteroatoms. The predicted octanol–water partition coefficient (Wildman–Crippen LogP) is 3.44. The van der Waals surface area contributed by atoms with E-state index in [4.69, 9.17) is 4.74 Å². The van der Waals surface area contributed by atoms with E-state index in [1.165, 1.54) is 12.1 Å². The van der Waals surface area contributed by atoms with Gasteiger partial charge in [0.05, 0.1) is 17.1 Å². The van der Waals surface area contributed by atoms with Gasteiger partial charge in [-0.05, 0) is 37.1 Å². The molecular formula is C19H18FN3O2. The highest BCUT2D eigenvalue weighted by Gasteiger charge is 2.32. The SMILES string of the molecule is O=C(COc1ccccc1F)N1CCCC1c1nc2ccccc2[nH]1. The van der Waals surface area contributed by atoms with E-state index in [9.17, 15) is 9.18 Å². The largest absolute Gasteiger partial charge is 0.481 e. The quantitative estimate of drug-likeness (QED) is 0.792. The number of halogens is 1. The topological polar surface area (TPSA) is 58.2 Å². The maximum absolute atomic E-state index is 13.6. The summed E-state index contributed by atoms with van der Waals surface area (Å²) in [6.45, 7) is 0.471. The lowest BCUT2D eigenvalue weighted by Gasteiger charge is -2.23. The van der Waals surface area contributed by atoms with Crippen LogP contribution in [0, 0.1) is 5.82 Å². The normalized spacial score (nSPS) is 17.2. The number of rotatable bonds is 4. The Hall–Kier alpha value is -2.89. The van der Waals surface area contributed by atoms with Crippen LogP contribution in [0.1, 0.15) is 24.7 Å². The first kappa shape index (κ1) is 15.6. The van der Waals surface area contributed by atoms with Crippen LogP contribution in [0.5, 0.6) is 5.75 Å². The van der Waals surface area contributed by atoms with Crippen molar-refractivity contribution in [1.82, 2.24) is 14.9 Å². The Labute approximate surface area is 144 Å². The number of hydrogen-bond donors (Lipinski definition) is 1. The molecule has 0 spiro atoms. The van der Waals surface area contributed by atoms with Crippen LogP contribution < -0.4 is 4.74 Å². The summed E-state index contributed by atoms with van der Waals surface area (Å²) in [6.07, 6.45) is 1.76. The summed E-state index contributed by atoms with van der Waals surface area (Å²) in [6, 6.07) is 13.8. The first-order valence-electron chi connectivity index (χ1n) is 8.34. The molecule has 0 bridgehead atoms. The molecule has 2 heterocycles. The summed E-state index contributed by atoms with van der Waals surface area (Å²) >= 11 is 0. The molecule has 2 aromatic carbocycles. The number of ether oxygens (including phenoxy) is 1. The molecule has 1 aliphatic rings. The zero-order valence-electron chi connectivity index (χ0n) is 13.6. The number of benzene rings is 2. The summed E-state index contributed by atoms with van der Waals surface area (Å²) in [4.78, 5) is 22.2. The van der Waals surface area contributed by atoms with Gasteiger partial charge in [-0.1, -0.05) is 24.3 Å². The molecule has 0 saturated carbocycles. The number of H-pyrrole nitrogens is 1. The number of aromatic nitrogens is 2. The molecule has 1 atom stereocenters. The van der Waals surface area contributed by atoms with Gasteiger partial charge in [0, 0.05) is 6.54 Å². The molecule has 1 saturated heterocycles. The van der Waals surface area contributed by atoms with Crippen molar-refractivity contribution in [2.24, 2.45) is 0 Å². The molecule has 1 aliphatic heterocycles. The average molecular weight is 339 g/mol. The predicted molar refractivity (Wildman–Crippen MR) is 91.7 cm³/mol. The van der Waals surface area contributed by atoms with Crippen LogP contribution in [0.15, 0.2) is 48.5 Å². The number of aromatic amines is 1. The fraction of sp³-hybridized carbons (Fsp3) is 0.263. The summed E-state index contributed by atoms with van der Waals surface area (Å²) in [7, 11) is 0. The molecule has 3 aromatic rings. The zero-order chi connectivity index (χ0) is 17.2. The van der Waals surface area contributed by atoms with E-state index in [0.29, 0.717) is 6.54 Å². The lowest BCUT2D eigenvalue weighted by atomic mass is 10.2.